The number of urea groups is 1. The van der Waals surface area contributed by atoms with Gasteiger partial charge in [-0.3, -0.25) is 10.1 Å². The number of carbonyl (C=O) groups is 2. The lowest BCUT2D eigenvalue weighted by atomic mass is 9.96. The fourth-order valence-electron chi connectivity index (χ4n) is 3.09. The van der Waals surface area contributed by atoms with Crippen LogP contribution in [0.4, 0.5) is 4.79 Å². The van der Waals surface area contributed by atoms with Crippen LogP contribution in [0.15, 0.2) is 11.2 Å². The minimum atomic E-state index is -0.495. The van der Waals surface area contributed by atoms with Crippen molar-refractivity contribution in [1.82, 2.24) is 30.2 Å². The van der Waals surface area contributed by atoms with Crippen LogP contribution >= 0.6 is 11.8 Å². The van der Waals surface area contributed by atoms with E-state index in [2.05, 4.69) is 25.7 Å². The van der Waals surface area contributed by atoms with Gasteiger partial charge < -0.3 is 5.32 Å². The zero-order chi connectivity index (χ0) is 18.7. The van der Waals surface area contributed by atoms with Gasteiger partial charge >= 0.3 is 6.03 Å². The summed E-state index contributed by atoms with van der Waals surface area (Å²) in [5, 5.41) is 9.63. The Morgan fingerprint density at radius 2 is 1.96 bits per heavy atom. The highest BCUT2D eigenvalue weighted by Crippen LogP contribution is 2.21. The van der Waals surface area contributed by atoms with E-state index in [1.54, 1.807) is 11.4 Å². The Hall–Kier alpha value is -2.16. The van der Waals surface area contributed by atoms with Crippen molar-refractivity contribution in [3.8, 4) is 0 Å². The number of aromatic nitrogens is 4. The quantitative estimate of drug-likeness (QED) is 0.795. The van der Waals surface area contributed by atoms with Gasteiger partial charge in [0.25, 0.3) is 5.78 Å². The zero-order valence-corrected chi connectivity index (χ0v) is 16.1. The molecule has 1 aliphatic rings. The summed E-state index contributed by atoms with van der Waals surface area (Å²) in [6.07, 6.45) is 5.41. The second-order valence-corrected chi connectivity index (χ2v) is 8.01. The van der Waals surface area contributed by atoms with Crippen molar-refractivity contribution >= 4 is 29.5 Å². The fourth-order valence-corrected chi connectivity index (χ4v) is 3.84. The first kappa shape index (κ1) is 18.6. The fraction of sp³-hybridized carbons (Fsp3) is 0.588. The summed E-state index contributed by atoms with van der Waals surface area (Å²) in [5.74, 6) is 0.149. The van der Waals surface area contributed by atoms with Crippen LogP contribution < -0.4 is 10.6 Å². The number of hydrogen-bond donors (Lipinski definition) is 2. The third kappa shape index (κ3) is 4.51. The van der Waals surface area contributed by atoms with Crippen LogP contribution in [0.25, 0.3) is 5.78 Å². The van der Waals surface area contributed by atoms with Crippen molar-refractivity contribution < 1.29 is 9.59 Å². The number of rotatable bonds is 4. The van der Waals surface area contributed by atoms with Crippen molar-refractivity contribution in [3.05, 3.63) is 17.5 Å². The number of nitrogens with zero attached hydrogens (tertiary/aromatic N) is 4. The monoisotopic (exact) mass is 376 g/mol. The Kier molecular flexibility index (Phi) is 5.75. The summed E-state index contributed by atoms with van der Waals surface area (Å²) in [6, 6.07) is 1.66. The smallest absolute Gasteiger partial charge is 0.321 e. The zero-order valence-electron chi connectivity index (χ0n) is 15.3. The molecule has 0 saturated heterocycles. The summed E-state index contributed by atoms with van der Waals surface area (Å²) in [7, 11) is 0. The average Bonchev–Trinajstić information content (AvgIpc) is 2.98. The topological polar surface area (TPSA) is 101 Å². The molecule has 3 rings (SSSR count). The third-order valence-electron chi connectivity index (χ3n) is 4.43. The molecule has 0 spiro atoms. The van der Waals surface area contributed by atoms with Gasteiger partial charge in [-0.15, -0.1) is 5.10 Å². The molecule has 1 atom stereocenters. The molecule has 0 bridgehead atoms. The second-order valence-electron chi connectivity index (χ2n) is 6.70. The number of aryl methyl sites for hydroxylation is 2. The Balaban J connectivity index is 1.56. The van der Waals surface area contributed by atoms with Crippen LogP contribution in [0.1, 0.15) is 50.4 Å². The first-order valence-corrected chi connectivity index (χ1v) is 9.79. The summed E-state index contributed by atoms with van der Waals surface area (Å²) < 4.78 is 1.65. The molecule has 9 heteroatoms. The van der Waals surface area contributed by atoms with Gasteiger partial charge in [0, 0.05) is 17.4 Å². The lowest BCUT2D eigenvalue weighted by molar-refractivity contribution is -0.119. The Morgan fingerprint density at radius 3 is 2.69 bits per heavy atom. The number of carbonyl (C=O) groups excluding carboxylic acids is 2. The number of thioether (sulfide) groups is 1. The van der Waals surface area contributed by atoms with Crippen molar-refractivity contribution in [1.29, 1.82) is 0 Å². The Labute approximate surface area is 156 Å². The van der Waals surface area contributed by atoms with Gasteiger partial charge in [-0.1, -0.05) is 31.0 Å². The van der Waals surface area contributed by atoms with Crippen molar-refractivity contribution in [2.45, 2.75) is 69.3 Å². The van der Waals surface area contributed by atoms with Gasteiger partial charge in [-0.05, 0) is 39.7 Å². The molecule has 2 heterocycles. The highest BCUT2D eigenvalue weighted by Gasteiger charge is 2.22. The molecule has 1 aliphatic carbocycles. The SMILES string of the molecule is Cc1cc(C)n2nc(S[C@H](C)C(=O)NC(=O)NC3CCCCC3)nc2n1. The van der Waals surface area contributed by atoms with Gasteiger partial charge in [0.1, 0.15) is 0 Å². The predicted molar refractivity (Wildman–Crippen MR) is 99.1 cm³/mol. The lowest BCUT2D eigenvalue weighted by Crippen LogP contribution is -2.47. The lowest BCUT2D eigenvalue weighted by Gasteiger charge is -2.22. The Bertz CT molecular complexity index is 815. The first-order valence-electron chi connectivity index (χ1n) is 8.91. The van der Waals surface area contributed by atoms with Gasteiger partial charge in [-0.2, -0.15) is 4.98 Å². The minimum absolute atomic E-state index is 0.164. The molecule has 2 N–H and O–H groups in total. The molecular weight excluding hydrogens is 352 g/mol. The largest absolute Gasteiger partial charge is 0.335 e. The minimum Gasteiger partial charge on any atom is -0.335 e. The maximum absolute atomic E-state index is 12.3. The summed E-state index contributed by atoms with van der Waals surface area (Å²) in [6.45, 7) is 5.55. The van der Waals surface area contributed by atoms with E-state index in [1.807, 2.05) is 19.9 Å². The highest BCUT2D eigenvalue weighted by atomic mass is 32.2. The number of amides is 3. The molecule has 2 aromatic heterocycles. The van der Waals surface area contributed by atoms with Crippen molar-refractivity contribution in [2.24, 2.45) is 0 Å². The maximum Gasteiger partial charge on any atom is 0.321 e. The van der Waals surface area contributed by atoms with Gasteiger partial charge in [0.15, 0.2) is 0 Å². The van der Waals surface area contributed by atoms with Crippen molar-refractivity contribution in [2.75, 3.05) is 0 Å². The molecule has 0 aliphatic heterocycles. The van der Waals surface area contributed by atoms with Crippen molar-refractivity contribution in [3.63, 3.8) is 0 Å². The number of nitrogens with one attached hydrogen (secondary N) is 2. The number of hydrogen-bond acceptors (Lipinski definition) is 6. The summed E-state index contributed by atoms with van der Waals surface area (Å²) >= 11 is 1.20. The van der Waals surface area contributed by atoms with Crippen LogP contribution in [0.5, 0.6) is 0 Å². The van der Waals surface area contributed by atoms with E-state index in [-0.39, 0.29) is 11.9 Å². The van der Waals surface area contributed by atoms with Gasteiger partial charge in [-0.25, -0.2) is 14.3 Å². The van der Waals surface area contributed by atoms with Gasteiger partial charge in [0.05, 0.1) is 5.25 Å². The molecule has 26 heavy (non-hydrogen) atoms. The summed E-state index contributed by atoms with van der Waals surface area (Å²) in [4.78, 5) is 33.0. The number of fused-ring (bicyclic) bond motifs is 1. The predicted octanol–water partition coefficient (Wildman–Crippen LogP) is 2.38. The van der Waals surface area contributed by atoms with Crippen LogP contribution in [-0.2, 0) is 4.79 Å². The van der Waals surface area contributed by atoms with E-state index in [9.17, 15) is 9.59 Å². The van der Waals surface area contributed by atoms with E-state index in [0.29, 0.717) is 10.9 Å². The van der Waals surface area contributed by atoms with E-state index in [4.69, 9.17) is 0 Å². The second kappa shape index (κ2) is 8.03. The van der Waals surface area contributed by atoms with E-state index >= 15 is 0 Å². The molecule has 1 saturated carbocycles. The molecule has 8 nitrogen and oxygen atoms in total. The normalized spacial score (nSPS) is 16.4. The molecule has 0 unspecified atom stereocenters. The molecule has 140 valence electrons. The number of imide groups is 1. The van der Waals surface area contributed by atoms with E-state index < -0.39 is 11.3 Å². The molecule has 0 radical (unpaired) electrons. The molecular formula is C17H24N6O2S. The standard InChI is InChI=1S/C17H24N6O2S/c1-10-9-11(2)23-15(18-10)21-17(22-23)26-12(3)14(24)20-16(25)19-13-7-5-4-6-8-13/h9,12-13H,4-8H2,1-3H3,(H2,19,20,24,25)/t12-/m1/s1. The van der Waals surface area contributed by atoms with Crippen LogP contribution in [0.2, 0.25) is 0 Å². The van der Waals surface area contributed by atoms with E-state index in [1.165, 1.54) is 18.2 Å². The molecule has 2 aromatic rings. The average molecular weight is 376 g/mol. The first-order chi connectivity index (χ1) is 12.4. The highest BCUT2D eigenvalue weighted by molar-refractivity contribution is 8.00. The molecule has 1 fully saturated rings. The molecule has 3 amide bonds. The molecule has 0 aromatic carbocycles. The maximum atomic E-state index is 12.3. The third-order valence-corrected chi connectivity index (χ3v) is 5.38. The van der Waals surface area contributed by atoms with Crippen LogP contribution in [0, 0.1) is 13.8 Å². The Morgan fingerprint density at radius 1 is 1.23 bits per heavy atom. The van der Waals surface area contributed by atoms with E-state index in [0.717, 1.165) is 37.1 Å². The summed E-state index contributed by atoms with van der Waals surface area (Å²) in [5.41, 5.74) is 1.79. The van der Waals surface area contributed by atoms with Crippen LogP contribution in [0.3, 0.4) is 0 Å². The van der Waals surface area contributed by atoms with Crippen LogP contribution in [-0.4, -0.2) is 42.8 Å². The van der Waals surface area contributed by atoms with Gasteiger partial charge in [0.2, 0.25) is 11.1 Å².